The average molecular weight is 370 g/mol. The molecule has 0 radical (unpaired) electrons. The predicted molar refractivity (Wildman–Crippen MR) is 86.6 cm³/mol. The molecule has 1 aliphatic carbocycles. The van der Waals surface area contributed by atoms with E-state index in [2.05, 4.69) is 15.3 Å². The minimum atomic E-state index is -4.58. The highest BCUT2D eigenvalue weighted by Gasteiger charge is 2.36. The highest BCUT2D eigenvalue weighted by molar-refractivity contribution is 5.94. The van der Waals surface area contributed by atoms with Crippen molar-refractivity contribution in [1.29, 1.82) is 0 Å². The van der Waals surface area contributed by atoms with E-state index in [1.807, 2.05) is 0 Å². The van der Waals surface area contributed by atoms with Gasteiger partial charge in [-0.1, -0.05) is 0 Å². The molecule has 0 aliphatic heterocycles. The van der Waals surface area contributed by atoms with Gasteiger partial charge in [0.05, 0.1) is 17.6 Å². The van der Waals surface area contributed by atoms with Crippen molar-refractivity contribution in [2.45, 2.75) is 38.0 Å². The summed E-state index contributed by atoms with van der Waals surface area (Å²) in [5.74, 6) is -2.55. The maximum Gasteiger partial charge on any atom is 0.449 e. The van der Waals surface area contributed by atoms with E-state index < -0.39 is 29.9 Å². The summed E-state index contributed by atoms with van der Waals surface area (Å²) in [6.45, 7) is 1.41. The van der Waals surface area contributed by atoms with Crippen molar-refractivity contribution in [2.24, 2.45) is 0 Å². The van der Waals surface area contributed by atoms with E-state index in [9.17, 15) is 22.8 Å². The number of nitrogens with one attached hydrogen (secondary N) is 2. The van der Waals surface area contributed by atoms with Crippen molar-refractivity contribution < 1.29 is 27.9 Å². The number of alkyl halides is 3. The van der Waals surface area contributed by atoms with Gasteiger partial charge in [-0.25, -0.2) is 4.98 Å². The lowest BCUT2D eigenvalue weighted by Gasteiger charge is -2.25. The third kappa shape index (κ3) is 3.96. The molecule has 1 aliphatic rings. The zero-order valence-corrected chi connectivity index (χ0v) is 13.8. The molecule has 1 unspecified atom stereocenters. The number of carboxylic acid groups (broad SMARTS) is 1. The van der Waals surface area contributed by atoms with Crippen molar-refractivity contribution in [3.05, 3.63) is 24.0 Å². The molecule has 1 fully saturated rings. The Morgan fingerprint density at radius 2 is 2.12 bits per heavy atom. The molecule has 1 atom stereocenters. The third-order valence-electron chi connectivity index (χ3n) is 4.23. The Balaban J connectivity index is 1.71. The smallest absolute Gasteiger partial charge is 0.449 e. The van der Waals surface area contributed by atoms with Crippen molar-refractivity contribution in [1.82, 2.24) is 14.9 Å². The Labute approximate surface area is 146 Å². The molecule has 0 saturated heterocycles. The molecule has 1 aromatic heterocycles. The van der Waals surface area contributed by atoms with Gasteiger partial charge in [-0.3, -0.25) is 14.5 Å². The van der Waals surface area contributed by atoms with Crippen LogP contribution in [0.1, 0.15) is 25.6 Å². The fraction of sp³-hybridized carbons (Fsp3) is 0.438. The number of imidazole rings is 1. The first-order valence-electron chi connectivity index (χ1n) is 8.00. The van der Waals surface area contributed by atoms with Gasteiger partial charge in [0.2, 0.25) is 11.7 Å². The number of halogens is 3. The SMILES string of the molecule is CC(C(=O)O)N(CC(=O)Nc1ccc2nc(C(F)(F)F)[nH]c2c1)C1CC1. The average Bonchev–Trinajstić information content (AvgIpc) is 3.29. The highest BCUT2D eigenvalue weighted by atomic mass is 19.4. The van der Waals surface area contributed by atoms with Crippen LogP contribution in [0.25, 0.3) is 11.0 Å². The van der Waals surface area contributed by atoms with Crippen molar-refractivity contribution >= 4 is 28.6 Å². The van der Waals surface area contributed by atoms with Gasteiger partial charge in [0, 0.05) is 11.7 Å². The molecule has 26 heavy (non-hydrogen) atoms. The summed E-state index contributed by atoms with van der Waals surface area (Å²) in [5.41, 5.74) is 0.584. The van der Waals surface area contributed by atoms with Crippen LogP contribution in [0.2, 0.25) is 0 Å². The van der Waals surface area contributed by atoms with E-state index in [4.69, 9.17) is 5.11 Å². The number of benzene rings is 1. The number of carbonyl (C=O) groups is 2. The Morgan fingerprint density at radius 3 is 2.69 bits per heavy atom. The molecule has 7 nitrogen and oxygen atoms in total. The molecule has 1 saturated carbocycles. The molecule has 10 heteroatoms. The molecule has 0 spiro atoms. The quantitative estimate of drug-likeness (QED) is 0.726. The molecular weight excluding hydrogens is 353 g/mol. The number of aliphatic carboxylic acids is 1. The molecule has 1 heterocycles. The lowest BCUT2D eigenvalue weighted by molar-refractivity contribution is -0.144. The van der Waals surface area contributed by atoms with Crippen LogP contribution in [0, 0.1) is 0 Å². The number of H-pyrrole nitrogens is 1. The van der Waals surface area contributed by atoms with Crippen LogP contribution < -0.4 is 5.32 Å². The van der Waals surface area contributed by atoms with Crippen LogP contribution in [0.15, 0.2) is 18.2 Å². The Hall–Kier alpha value is -2.62. The Bertz CT molecular complexity index is 845. The molecule has 1 aromatic carbocycles. The van der Waals surface area contributed by atoms with E-state index in [1.165, 1.54) is 25.1 Å². The fourth-order valence-corrected chi connectivity index (χ4v) is 2.72. The molecule has 2 aromatic rings. The zero-order chi connectivity index (χ0) is 19.1. The zero-order valence-electron chi connectivity index (χ0n) is 13.8. The number of aromatic amines is 1. The number of nitrogens with zero attached hydrogens (tertiary/aromatic N) is 2. The second kappa shape index (κ2) is 6.60. The van der Waals surface area contributed by atoms with Gasteiger partial charge in [-0.15, -0.1) is 0 Å². The van der Waals surface area contributed by atoms with Crippen LogP contribution >= 0.6 is 0 Å². The van der Waals surface area contributed by atoms with Gasteiger partial charge in [0.25, 0.3) is 0 Å². The molecule has 0 bridgehead atoms. The first-order chi connectivity index (χ1) is 12.1. The van der Waals surface area contributed by atoms with Gasteiger partial charge in [-0.2, -0.15) is 13.2 Å². The topological polar surface area (TPSA) is 98.3 Å². The van der Waals surface area contributed by atoms with E-state index in [0.717, 1.165) is 12.8 Å². The first-order valence-corrected chi connectivity index (χ1v) is 8.00. The van der Waals surface area contributed by atoms with Crippen LogP contribution in [0.4, 0.5) is 18.9 Å². The monoisotopic (exact) mass is 370 g/mol. The molecule has 140 valence electrons. The highest BCUT2D eigenvalue weighted by Crippen LogP contribution is 2.30. The van der Waals surface area contributed by atoms with Crippen LogP contribution in [0.3, 0.4) is 0 Å². The molecule has 1 amide bonds. The summed E-state index contributed by atoms with van der Waals surface area (Å²) >= 11 is 0. The third-order valence-corrected chi connectivity index (χ3v) is 4.23. The van der Waals surface area contributed by atoms with E-state index in [-0.39, 0.29) is 23.6 Å². The van der Waals surface area contributed by atoms with Gasteiger partial charge >= 0.3 is 12.1 Å². The van der Waals surface area contributed by atoms with E-state index in [0.29, 0.717) is 5.69 Å². The van der Waals surface area contributed by atoms with Crippen molar-refractivity contribution in [3.8, 4) is 0 Å². The lowest BCUT2D eigenvalue weighted by atomic mass is 10.2. The van der Waals surface area contributed by atoms with Gasteiger partial charge < -0.3 is 15.4 Å². The number of anilines is 1. The van der Waals surface area contributed by atoms with Crippen LogP contribution in [0.5, 0.6) is 0 Å². The number of carbonyl (C=O) groups excluding carboxylic acids is 1. The number of fused-ring (bicyclic) bond motifs is 1. The maximum atomic E-state index is 12.7. The minimum Gasteiger partial charge on any atom is -0.480 e. The maximum absolute atomic E-state index is 12.7. The van der Waals surface area contributed by atoms with Crippen LogP contribution in [-0.4, -0.2) is 50.5 Å². The first kappa shape index (κ1) is 18.2. The number of rotatable bonds is 6. The fourth-order valence-electron chi connectivity index (χ4n) is 2.72. The van der Waals surface area contributed by atoms with E-state index >= 15 is 0 Å². The number of carboxylic acids is 1. The number of amides is 1. The Kier molecular flexibility index (Phi) is 4.61. The number of aromatic nitrogens is 2. The minimum absolute atomic E-state index is 0.0660. The summed E-state index contributed by atoms with van der Waals surface area (Å²) in [6.07, 6.45) is -2.91. The predicted octanol–water partition coefficient (Wildman–Crippen LogP) is 2.46. The second-order valence-electron chi connectivity index (χ2n) is 6.28. The number of hydrogen-bond donors (Lipinski definition) is 3. The standard InChI is InChI=1S/C16H17F3N4O3/c1-8(14(25)26)23(10-3-4-10)7-13(24)20-9-2-5-11-12(6-9)22-15(21-11)16(17,18)19/h2,5-6,8,10H,3-4,7H2,1H3,(H,20,24)(H,21,22)(H,25,26). The van der Waals surface area contributed by atoms with Gasteiger partial charge in [-0.05, 0) is 38.0 Å². The largest absolute Gasteiger partial charge is 0.480 e. The number of hydrogen-bond acceptors (Lipinski definition) is 4. The summed E-state index contributed by atoms with van der Waals surface area (Å²) in [7, 11) is 0. The molecule has 3 rings (SSSR count). The normalized spacial score (nSPS) is 16.0. The van der Waals surface area contributed by atoms with Crippen molar-refractivity contribution in [2.75, 3.05) is 11.9 Å². The van der Waals surface area contributed by atoms with Crippen molar-refractivity contribution in [3.63, 3.8) is 0 Å². The van der Waals surface area contributed by atoms with Gasteiger partial charge in [0.15, 0.2) is 0 Å². The lowest BCUT2D eigenvalue weighted by Crippen LogP contribution is -2.44. The Morgan fingerprint density at radius 1 is 1.42 bits per heavy atom. The van der Waals surface area contributed by atoms with E-state index in [1.54, 1.807) is 4.90 Å². The summed E-state index contributed by atoms with van der Waals surface area (Å²) in [6, 6.07) is 3.45. The molecule has 3 N–H and O–H groups in total. The molecular formula is C16H17F3N4O3. The van der Waals surface area contributed by atoms with Gasteiger partial charge in [0.1, 0.15) is 6.04 Å². The summed E-state index contributed by atoms with van der Waals surface area (Å²) in [4.78, 5) is 30.6. The summed E-state index contributed by atoms with van der Waals surface area (Å²) < 4.78 is 38.1. The summed E-state index contributed by atoms with van der Waals surface area (Å²) in [5, 5.41) is 11.7. The second-order valence-corrected chi connectivity index (χ2v) is 6.28. The van der Waals surface area contributed by atoms with Crippen LogP contribution in [-0.2, 0) is 15.8 Å².